The van der Waals surface area contributed by atoms with Crippen molar-refractivity contribution in [3.05, 3.63) is 59.1 Å². The highest BCUT2D eigenvalue weighted by Crippen LogP contribution is 2.40. The predicted molar refractivity (Wildman–Crippen MR) is 113 cm³/mol. The Kier molecular flexibility index (Phi) is 6.62. The monoisotopic (exact) mass is 412 g/mol. The van der Waals surface area contributed by atoms with E-state index in [1.54, 1.807) is 43.3 Å². The van der Waals surface area contributed by atoms with Gasteiger partial charge in [-0.3, -0.25) is 9.59 Å². The lowest BCUT2D eigenvalue weighted by Crippen LogP contribution is -2.37. The van der Waals surface area contributed by atoms with E-state index < -0.39 is 17.7 Å². The standard InChI is InChI=1S/C23H28N2O5/c1-5-24(6-2)12-13-25-20(18-11-10-15(3)30-18)19(22(27)23(25)28)21(26)16-8-7-9-17(14-16)29-4/h7-11,14,20,26H,5-6,12-13H2,1-4H3/t20-/m0/s1. The van der Waals surface area contributed by atoms with Crippen LogP contribution in [0.5, 0.6) is 5.75 Å². The summed E-state index contributed by atoms with van der Waals surface area (Å²) >= 11 is 0. The van der Waals surface area contributed by atoms with Crippen LogP contribution >= 0.6 is 0 Å². The fourth-order valence-electron chi connectivity index (χ4n) is 3.72. The van der Waals surface area contributed by atoms with Gasteiger partial charge in [-0.25, -0.2) is 0 Å². The van der Waals surface area contributed by atoms with E-state index in [9.17, 15) is 14.7 Å². The number of rotatable bonds is 8. The van der Waals surface area contributed by atoms with Crippen molar-refractivity contribution in [2.45, 2.75) is 26.8 Å². The van der Waals surface area contributed by atoms with Crippen molar-refractivity contribution in [2.24, 2.45) is 0 Å². The Labute approximate surface area is 176 Å². The third-order valence-electron chi connectivity index (χ3n) is 5.47. The molecule has 1 atom stereocenters. The van der Waals surface area contributed by atoms with Gasteiger partial charge >= 0.3 is 0 Å². The first-order valence-electron chi connectivity index (χ1n) is 10.1. The van der Waals surface area contributed by atoms with E-state index in [4.69, 9.17) is 9.15 Å². The van der Waals surface area contributed by atoms with Gasteiger partial charge in [0.05, 0.1) is 12.7 Å². The maximum absolute atomic E-state index is 13.0. The molecule has 0 saturated carbocycles. The lowest BCUT2D eigenvalue weighted by Gasteiger charge is -2.26. The number of likely N-dealkylation sites (N-methyl/N-ethyl adjacent to an activating group) is 1. The zero-order valence-electron chi connectivity index (χ0n) is 17.8. The highest BCUT2D eigenvalue weighted by atomic mass is 16.5. The summed E-state index contributed by atoms with van der Waals surface area (Å²) in [7, 11) is 1.52. The number of Topliss-reactive ketones (excluding diaryl/α,β-unsaturated/α-hetero) is 1. The SMILES string of the molecule is CCN(CC)CCN1C(=O)C(=O)C(=C(O)c2cccc(OC)c2)[C@@H]1c1ccc(C)o1. The fourth-order valence-corrected chi connectivity index (χ4v) is 3.72. The Morgan fingerprint density at radius 3 is 2.53 bits per heavy atom. The molecule has 1 N–H and O–H groups in total. The van der Waals surface area contributed by atoms with Gasteiger partial charge in [0.15, 0.2) is 0 Å². The summed E-state index contributed by atoms with van der Waals surface area (Å²) in [5.41, 5.74) is 0.437. The average molecular weight is 412 g/mol. The molecule has 1 aromatic carbocycles. The summed E-state index contributed by atoms with van der Waals surface area (Å²) in [6, 6.07) is 9.51. The Bertz CT molecular complexity index is 958. The first kappa shape index (κ1) is 21.6. The number of ketones is 1. The van der Waals surface area contributed by atoms with Crippen LogP contribution in [0.25, 0.3) is 5.76 Å². The van der Waals surface area contributed by atoms with Crippen LogP contribution in [0.1, 0.15) is 37.0 Å². The summed E-state index contributed by atoms with van der Waals surface area (Å²) < 4.78 is 11.0. The van der Waals surface area contributed by atoms with E-state index in [2.05, 4.69) is 4.90 Å². The van der Waals surface area contributed by atoms with Gasteiger partial charge in [-0.05, 0) is 44.3 Å². The van der Waals surface area contributed by atoms with Crippen molar-refractivity contribution < 1.29 is 23.8 Å². The maximum Gasteiger partial charge on any atom is 0.295 e. The Hall–Kier alpha value is -3.06. The molecule has 7 heteroatoms. The van der Waals surface area contributed by atoms with Gasteiger partial charge in [0.1, 0.15) is 29.1 Å². The molecule has 0 unspecified atom stereocenters. The van der Waals surface area contributed by atoms with Crippen LogP contribution in [0, 0.1) is 6.92 Å². The number of likely N-dealkylation sites (tertiary alicyclic amines) is 1. The van der Waals surface area contributed by atoms with Crippen molar-refractivity contribution in [3.63, 3.8) is 0 Å². The summed E-state index contributed by atoms with van der Waals surface area (Å²) in [5, 5.41) is 11.0. The number of benzene rings is 1. The quantitative estimate of drug-likeness (QED) is 0.407. The van der Waals surface area contributed by atoms with Crippen LogP contribution < -0.4 is 4.74 Å². The van der Waals surface area contributed by atoms with Gasteiger partial charge < -0.3 is 24.1 Å². The molecule has 1 saturated heterocycles. The van der Waals surface area contributed by atoms with Crippen molar-refractivity contribution in [1.82, 2.24) is 9.80 Å². The van der Waals surface area contributed by atoms with Crippen molar-refractivity contribution in [1.29, 1.82) is 0 Å². The molecule has 1 aliphatic rings. The lowest BCUT2D eigenvalue weighted by atomic mass is 9.99. The molecule has 0 radical (unpaired) electrons. The van der Waals surface area contributed by atoms with Gasteiger partial charge in [0, 0.05) is 18.7 Å². The Morgan fingerprint density at radius 1 is 1.20 bits per heavy atom. The second-order valence-corrected chi connectivity index (χ2v) is 7.20. The first-order chi connectivity index (χ1) is 14.4. The third-order valence-corrected chi connectivity index (χ3v) is 5.47. The van der Waals surface area contributed by atoms with Crippen LogP contribution in [-0.4, -0.2) is 59.9 Å². The normalized spacial score (nSPS) is 18.4. The molecule has 30 heavy (non-hydrogen) atoms. The van der Waals surface area contributed by atoms with Crippen LogP contribution in [0.2, 0.25) is 0 Å². The second kappa shape index (κ2) is 9.17. The van der Waals surface area contributed by atoms with E-state index in [-0.39, 0.29) is 11.3 Å². The number of hydrogen-bond donors (Lipinski definition) is 1. The number of amides is 1. The summed E-state index contributed by atoms with van der Waals surface area (Å²) in [6.45, 7) is 8.56. The molecule has 1 aliphatic heterocycles. The van der Waals surface area contributed by atoms with Crippen LogP contribution in [-0.2, 0) is 9.59 Å². The molecule has 2 heterocycles. The van der Waals surface area contributed by atoms with E-state index in [1.807, 2.05) is 13.8 Å². The van der Waals surface area contributed by atoms with Crippen molar-refractivity contribution >= 4 is 17.4 Å². The van der Waals surface area contributed by atoms with E-state index in [0.29, 0.717) is 35.9 Å². The molecule has 160 valence electrons. The molecule has 2 aromatic rings. The van der Waals surface area contributed by atoms with Gasteiger partial charge in [-0.2, -0.15) is 0 Å². The maximum atomic E-state index is 13.0. The predicted octanol–water partition coefficient (Wildman–Crippen LogP) is 3.36. The third kappa shape index (κ3) is 4.11. The van der Waals surface area contributed by atoms with Crippen molar-refractivity contribution in [2.75, 3.05) is 33.3 Å². The first-order valence-corrected chi connectivity index (χ1v) is 10.1. The van der Waals surface area contributed by atoms with Gasteiger partial charge in [0.2, 0.25) is 0 Å². The van der Waals surface area contributed by atoms with E-state index in [1.165, 1.54) is 12.0 Å². The summed E-state index contributed by atoms with van der Waals surface area (Å²) in [4.78, 5) is 29.5. The molecular formula is C23H28N2O5. The number of aliphatic hydroxyl groups is 1. The van der Waals surface area contributed by atoms with E-state index in [0.717, 1.165) is 13.1 Å². The molecule has 7 nitrogen and oxygen atoms in total. The molecule has 0 spiro atoms. The summed E-state index contributed by atoms with van der Waals surface area (Å²) in [5.74, 6) is 0.0767. The number of nitrogens with zero attached hydrogens (tertiary/aromatic N) is 2. The fraction of sp³-hybridized carbons (Fsp3) is 0.391. The smallest absolute Gasteiger partial charge is 0.295 e. The molecule has 1 amide bonds. The van der Waals surface area contributed by atoms with Crippen LogP contribution in [0.4, 0.5) is 0 Å². The average Bonchev–Trinajstić information content (AvgIpc) is 3.29. The van der Waals surface area contributed by atoms with Crippen LogP contribution in [0.15, 0.2) is 46.4 Å². The van der Waals surface area contributed by atoms with E-state index >= 15 is 0 Å². The minimum atomic E-state index is -0.777. The molecule has 0 bridgehead atoms. The zero-order valence-corrected chi connectivity index (χ0v) is 17.8. The molecular weight excluding hydrogens is 384 g/mol. The molecule has 3 rings (SSSR count). The molecule has 0 aliphatic carbocycles. The largest absolute Gasteiger partial charge is 0.507 e. The highest BCUT2D eigenvalue weighted by Gasteiger charge is 2.47. The van der Waals surface area contributed by atoms with Gasteiger partial charge in [0.25, 0.3) is 11.7 Å². The minimum absolute atomic E-state index is 0.0298. The topological polar surface area (TPSA) is 83.2 Å². The van der Waals surface area contributed by atoms with Crippen LogP contribution in [0.3, 0.4) is 0 Å². The summed E-state index contributed by atoms with van der Waals surface area (Å²) in [6.07, 6.45) is 0. The van der Waals surface area contributed by atoms with Gasteiger partial charge in [-0.1, -0.05) is 26.0 Å². The minimum Gasteiger partial charge on any atom is -0.507 e. The number of aryl methyl sites for hydroxylation is 1. The number of carbonyl (C=O) groups is 2. The number of furan rings is 1. The highest BCUT2D eigenvalue weighted by molar-refractivity contribution is 6.46. The number of hydrogen-bond acceptors (Lipinski definition) is 6. The lowest BCUT2D eigenvalue weighted by molar-refractivity contribution is -0.140. The van der Waals surface area contributed by atoms with Crippen molar-refractivity contribution in [3.8, 4) is 5.75 Å². The van der Waals surface area contributed by atoms with Gasteiger partial charge in [-0.15, -0.1) is 0 Å². The molecule has 1 fully saturated rings. The molecule has 1 aromatic heterocycles. The zero-order chi connectivity index (χ0) is 21.8. The number of carbonyl (C=O) groups excluding carboxylic acids is 2. The Balaban J connectivity index is 2.07. The number of aliphatic hydroxyl groups excluding tert-OH is 1. The number of methoxy groups -OCH3 is 1. The number of ether oxygens (including phenoxy) is 1. The Morgan fingerprint density at radius 2 is 1.93 bits per heavy atom. The second-order valence-electron chi connectivity index (χ2n) is 7.20.